The maximum Gasteiger partial charge on any atom is 0.150 e. The lowest BCUT2D eigenvalue weighted by Crippen LogP contribution is -2.33. The monoisotopic (exact) mass is 264 g/mol. The number of benzene rings is 2. The number of aliphatic hydroxyl groups excluding tert-OH is 1. The maximum absolute atomic E-state index is 10.4. The predicted molar refractivity (Wildman–Crippen MR) is 87.1 cm³/mol. The second-order valence-electron chi connectivity index (χ2n) is 5.71. The Morgan fingerprint density at radius 1 is 1.15 bits per heavy atom. The van der Waals surface area contributed by atoms with Crippen molar-refractivity contribution < 1.29 is 9.84 Å². The molecule has 4 heteroatoms. The minimum atomic E-state index is -0.495. The first-order valence-corrected chi connectivity index (χ1v) is 7.06. The summed E-state index contributed by atoms with van der Waals surface area (Å²) in [7, 11) is 4.15. The van der Waals surface area contributed by atoms with E-state index >= 15 is 0 Å². The molecule has 0 saturated carbocycles. The van der Waals surface area contributed by atoms with Gasteiger partial charge in [0.25, 0.3) is 0 Å². The van der Waals surface area contributed by atoms with Gasteiger partial charge in [-0.05, 0) is 24.1 Å². The molecule has 0 amide bonds. The van der Waals surface area contributed by atoms with Gasteiger partial charge >= 0.3 is 0 Å². The molecule has 0 unspecified atom stereocenters. The number of hydrogen-bond donors (Lipinski definition) is 1. The van der Waals surface area contributed by atoms with Gasteiger partial charge in [0.2, 0.25) is 0 Å². The fourth-order valence-corrected chi connectivity index (χ4v) is 2.81. The van der Waals surface area contributed by atoms with Crippen molar-refractivity contribution in [3.8, 4) is 5.75 Å². The van der Waals surface area contributed by atoms with Gasteiger partial charge in [0.15, 0.2) is 0 Å². The van der Waals surface area contributed by atoms with E-state index in [1.165, 1.54) is 16.5 Å². The van der Waals surface area contributed by atoms with Gasteiger partial charge in [-0.2, -0.15) is 0 Å². The van der Waals surface area contributed by atoms with Crippen LogP contribution in [0.4, 0.5) is 0 Å². The van der Waals surface area contributed by atoms with Gasteiger partial charge in [-0.1, -0.05) is 46.8 Å². The van der Waals surface area contributed by atoms with Gasteiger partial charge in [0.05, 0.1) is 6.10 Å². The molecule has 1 N–H and O–H groups in total. The minimum Gasteiger partial charge on any atom is -0.483 e. The lowest BCUT2D eigenvalue weighted by Gasteiger charge is -2.32. The van der Waals surface area contributed by atoms with Gasteiger partial charge in [0.1, 0.15) is 27.5 Å². The van der Waals surface area contributed by atoms with E-state index in [0.29, 0.717) is 6.42 Å². The lowest BCUT2D eigenvalue weighted by molar-refractivity contribution is 0.0212. The first-order valence-electron chi connectivity index (χ1n) is 7.06. The van der Waals surface area contributed by atoms with Crippen molar-refractivity contribution in [3.63, 3.8) is 0 Å². The highest BCUT2D eigenvalue weighted by molar-refractivity contribution is 6.33. The number of hydrogen-bond acceptors (Lipinski definition) is 2. The molecule has 3 rings (SSSR count). The number of aryl methyl sites for hydroxylation is 1. The Hall–Kier alpha value is -1.67. The summed E-state index contributed by atoms with van der Waals surface area (Å²) in [6, 6.07) is 12.3. The molecule has 2 nitrogen and oxygen atoms in total. The molecule has 1 aliphatic heterocycles. The van der Waals surface area contributed by atoms with Crippen LogP contribution in [0.5, 0.6) is 5.75 Å². The normalized spacial score (nSPS) is 21.1. The molecule has 0 aromatic heterocycles. The molecule has 0 fully saturated rings. The highest BCUT2D eigenvalue weighted by Crippen LogP contribution is 2.34. The van der Waals surface area contributed by atoms with E-state index in [1.54, 1.807) is 0 Å². The van der Waals surface area contributed by atoms with Crippen LogP contribution in [0.1, 0.15) is 22.8 Å². The summed E-state index contributed by atoms with van der Waals surface area (Å²) < 4.78 is 6.06. The molecule has 0 aliphatic carbocycles. The smallest absolute Gasteiger partial charge is 0.150 e. The molecule has 100 valence electrons. The summed E-state index contributed by atoms with van der Waals surface area (Å²) in [6.45, 7) is 2.09. The van der Waals surface area contributed by atoms with Crippen molar-refractivity contribution in [1.29, 1.82) is 0 Å². The molecule has 1 heterocycles. The summed E-state index contributed by atoms with van der Waals surface area (Å²) >= 11 is 0. The number of fused-ring (bicyclic) bond motifs is 1. The summed E-state index contributed by atoms with van der Waals surface area (Å²) in [5, 5.41) is 10.4. The number of rotatable bonds is 1. The third-order valence-corrected chi connectivity index (χ3v) is 4.24. The maximum atomic E-state index is 10.4. The Labute approximate surface area is 121 Å². The quantitative estimate of drug-likeness (QED) is 0.707. The minimum absolute atomic E-state index is 0.274. The molecule has 2 atom stereocenters. The third-order valence-electron chi connectivity index (χ3n) is 4.24. The Balaban J connectivity index is 1.98. The van der Waals surface area contributed by atoms with E-state index in [9.17, 15) is 5.11 Å². The number of aliphatic hydroxyl groups is 1. The van der Waals surface area contributed by atoms with Crippen molar-refractivity contribution in [2.24, 2.45) is 0 Å². The second kappa shape index (κ2) is 5.02. The molecule has 0 spiro atoms. The van der Waals surface area contributed by atoms with Gasteiger partial charge in [0, 0.05) is 6.42 Å². The van der Waals surface area contributed by atoms with Gasteiger partial charge in [-0.15, -0.1) is 0 Å². The largest absolute Gasteiger partial charge is 0.483 e. The highest BCUT2D eigenvalue weighted by Gasteiger charge is 2.30. The van der Waals surface area contributed by atoms with Gasteiger partial charge in [-0.25, -0.2) is 0 Å². The lowest BCUT2D eigenvalue weighted by atomic mass is 9.83. The molecule has 0 radical (unpaired) electrons. The molecular weight excluding hydrogens is 246 g/mol. The van der Waals surface area contributed by atoms with Crippen LogP contribution in [0.15, 0.2) is 36.4 Å². The Bertz CT molecular complexity index is 655. The van der Waals surface area contributed by atoms with Gasteiger partial charge in [-0.3, -0.25) is 0 Å². The third kappa shape index (κ3) is 2.25. The summed E-state index contributed by atoms with van der Waals surface area (Å²) in [5.41, 5.74) is 5.84. The van der Waals surface area contributed by atoms with Crippen molar-refractivity contribution in [2.75, 3.05) is 0 Å². The van der Waals surface area contributed by atoms with E-state index in [2.05, 4.69) is 46.9 Å². The number of ether oxygens (including phenoxy) is 1. The molecular formula is C16H18B2O2. The standard InChI is InChI=1S/C16H18B2O2/c1-9-7-10(5-6-12(9)17)16-14(19)8-11-13(18)3-2-4-15(11)20-16/h2-7,14,16,19H,8,17-18H2,1H3/t14-,16-/m0/s1. The fraction of sp³-hybridized carbons (Fsp3) is 0.250. The fourth-order valence-electron chi connectivity index (χ4n) is 2.81. The zero-order chi connectivity index (χ0) is 14.3. The molecule has 0 bridgehead atoms. The van der Waals surface area contributed by atoms with Crippen molar-refractivity contribution in [1.82, 2.24) is 0 Å². The average molecular weight is 264 g/mol. The molecule has 2 aromatic carbocycles. The van der Waals surface area contributed by atoms with Crippen LogP contribution in [0.3, 0.4) is 0 Å². The van der Waals surface area contributed by atoms with Crippen LogP contribution in [0.25, 0.3) is 0 Å². The van der Waals surface area contributed by atoms with Crippen molar-refractivity contribution in [3.05, 3.63) is 53.1 Å². The van der Waals surface area contributed by atoms with Crippen LogP contribution in [0, 0.1) is 6.92 Å². The van der Waals surface area contributed by atoms with Crippen LogP contribution in [-0.2, 0) is 6.42 Å². The van der Waals surface area contributed by atoms with Crippen LogP contribution < -0.4 is 15.7 Å². The van der Waals surface area contributed by atoms with E-state index in [0.717, 1.165) is 16.9 Å². The van der Waals surface area contributed by atoms with Crippen LogP contribution in [0.2, 0.25) is 0 Å². The van der Waals surface area contributed by atoms with Crippen molar-refractivity contribution in [2.45, 2.75) is 25.6 Å². The zero-order valence-electron chi connectivity index (χ0n) is 12.2. The summed E-state index contributed by atoms with van der Waals surface area (Å²) in [4.78, 5) is 0. The summed E-state index contributed by atoms with van der Waals surface area (Å²) in [6.07, 6.45) is -0.117. The first-order chi connectivity index (χ1) is 9.56. The van der Waals surface area contributed by atoms with E-state index < -0.39 is 6.10 Å². The van der Waals surface area contributed by atoms with Crippen LogP contribution >= 0.6 is 0 Å². The first kappa shape index (κ1) is 13.3. The molecule has 1 aliphatic rings. The van der Waals surface area contributed by atoms with Crippen molar-refractivity contribution >= 4 is 26.6 Å². The van der Waals surface area contributed by atoms with E-state index in [1.807, 2.05) is 12.1 Å². The van der Waals surface area contributed by atoms with E-state index in [-0.39, 0.29) is 6.10 Å². The molecule has 2 aromatic rings. The predicted octanol–water partition coefficient (Wildman–Crippen LogP) is -0.451. The van der Waals surface area contributed by atoms with E-state index in [4.69, 9.17) is 4.74 Å². The second-order valence-corrected chi connectivity index (χ2v) is 5.71. The topological polar surface area (TPSA) is 29.5 Å². The Morgan fingerprint density at radius 2 is 1.95 bits per heavy atom. The average Bonchev–Trinajstić information content (AvgIpc) is 2.42. The highest BCUT2D eigenvalue weighted by atomic mass is 16.5. The molecule has 0 saturated heterocycles. The summed E-state index contributed by atoms with van der Waals surface area (Å²) in [5.74, 6) is 0.901. The van der Waals surface area contributed by atoms with Crippen LogP contribution in [-0.4, -0.2) is 26.9 Å². The zero-order valence-corrected chi connectivity index (χ0v) is 12.2. The SMILES string of the molecule is Bc1ccc([C@@H]2Oc3cccc(B)c3C[C@@H]2O)cc1C. The Morgan fingerprint density at radius 3 is 2.70 bits per heavy atom. The molecule has 20 heavy (non-hydrogen) atoms. The van der Waals surface area contributed by atoms with Gasteiger partial charge < -0.3 is 9.84 Å². The Kier molecular flexibility index (Phi) is 3.35.